The van der Waals surface area contributed by atoms with E-state index in [1.165, 1.54) is 6.33 Å². The van der Waals surface area contributed by atoms with Gasteiger partial charge in [-0.1, -0.05) is 0 Å². The minimum absolute atomic E-state index is 0.0499. The Morgan fingerprint density at radius 1 is 1.43 bits per heavy atom. The summed E-state index contributed by atoms with van der Waals surface area (Å²) in [5.41, 5.74) is 1.32. The van der Waals surface area contributed by atoms with Crippen molar-refractivity contribution in [3.63, 3.8) is 0 Å². The molecule has 2 aromatic rings. The third kappa shape index (κ3) is 4.09. The smallest absolute Gasteiger partial charge is 0.275 e. The van der Waals surface area contributed by atoms with Gasteiger partial charge >= 0.3 is 0 Å². The molecule has 1 atom stereocenters. The van der Waals surface area contributed by atoms with Crippen LogP contribution < -0.4 is 20.7 Å². The summed E-state index contributed by atoms with van der Waals surface area (Å²) in [6.07, 6.45) is 2.93. The van der Waals surface area contributed by atoms with Gasteiger partial charge < -0.3 is 20.4 Å². The number of aliphatic hydroxyl groups excluding tert-OH is 1. The summed E-state index contributed by atoms with van der Waals surface area (Å²) >= 11 is 0. The highest BCUT2D eigenvalue weighted by Gasteiger charge is 2.12. The molecule has 0 amide bonds. The van der Waals surface area contributed by atoms with E-state index >= 15 is 0 Å². The lowest BCUT2D eigenvalue weighted by atomic mass is 10.2. The van der Waals surface area contributed by atoms with Gasteiger partial charge in [0.05, 0.1) is 18.5 Å². The van der Waals surface area contributed by atoms with E-state index in [0.29, 0.717) is 17.6 Å². The first-order chi connectivity index (χ1) is 9.90. The molecule has 2 heterocycles. The predicted molar refractivity (Wildman–Crippen MR) is 75.5 cm³/mol. The van der Waals surface area contributed by atoms with Gasteiger partial charge in [0, 0.05) is 30.9 Å². The predicted octanol–water partition coefficient (Wildman–Crippen LogP) is -2.51. The molecule has 0 bridgehead atoms. The van der Waals surface area contributed by atoms with Gasteiger partial charge in [-0.25, -0.2) is 14.8 Å². The van der Waals surface area contributed by atoms with Gasteiger partial charge in [-0.05, 0) is 0 Å². The van der Waals surface area contributed by atoms with Gasteiger partial charge in [0.1, 0.15) is 5.52 Å². The highest BCUT2D eigenvalue weighted by Crippen LogP contribution is 2.11. The van der Waals surface area contributed by atoms with Crippen LogP contribution in [0.3, 0.4) is 0 Å². The monoisotopic (exact) mass is 316 g/mol. The SMILES string of the molecule is NS(=O)(=O)NC[C@@H](CO)NCc1c[nH]c2c(=O)[nH]cnc12. The molecule has 7 N–H and O–H groups in total. The third-order valence-corrected chi connectivity index (χ3v) is 3.45. The number of nitrogens with zero attached hydrogens (tertiary/aromatic N) is 1. The van der Waals surface area contributed by atoms with E-state index in [-0.39, 0.29) is 18.7 Å². The molecule has 0 radical (unpaired) electrons. The number of hydrogen-bond donors (Lipinski definition) is 6. The van der Waals surface area contributed by atoms with Crippen LogP contribution in [0.25, 0.3) is 11.0 Å². The molecule has 10 nitrogen and oxygen atoms in total. The Hall–Kier alpha value is -1.79. The minimum atomic E-state index is -3.81. The van der Waals surface area contributed by atoms with Crippen molar-refractivity contribution in [2.24, 2.45) is 5.14 Å². The lowest BCUT2D eigenvalue weighted by Crippen LogP contribution is -2.44. The molecule has 0 aliphatic rings. The Balaban J connectivity index is 2.03. The zero-order valence-corrected chi connectivity index (χ0v) is 11.8. The van der Waals surface area contributed by atoms with Crippen LogP contribution in [0.5, 0.6) is 0 Å². The number of aliphatic hydroxyl groups is 1. The van der Waals surface area contributed by atoms with Crippen molar-refractivity contribution in [1.29, 1.82) is 0 Å². The summed E-state index contributed by atoms with van der Waals surface area (Å²) in [6.45, 7) is -0.0292. The third-order valence-electron chi connectivity index (χ3n) is 2.88. The second-order valence-electron chi connectivity index (χ2n) is 4.42. The lowest BCUT2D eigenvalue weighted by Gasteiger charge is -2.15. The van der Waals surface area contributed by atoms with Gasteiger partial charge in [0.15, 0.2) is 0 Å². The normalized spacial score (nSPS) is 13.6. The quantitative estimate of drug-likeness (QED) is 0.330. The summed E-state index contributed by atoms with van der Waals surface area (Å²) in [5, 5.41) is 17.0. The molecule has 0 saturated heterocycles. The minimum Gasteiger partial charge on any atom is -0.395 e. The molecular weight excluding hydrogens is 300 g/mol. The summed E-state index contributed by atoms with van der Waals surface area (Å²) in [6, 6.07) is -0.518. The number of rotatable bonds is 7. The standard InChI is InChI=1S/C10H16N6O4S/c11-21(19,20)16-3-7(4-17)12-1-6-2-13-9-8(6)14-5-15-10(9)18/h2,5,7,12-13,16-17H,1,3-4H2,(H2,11,19,20)(H,14,15,18)/t7-/m0/s1. The second kappa shape index (κ2) is 6.32. The number of nitrogens with one attached hydrogen (secondary N) is 4. The Morgan fingerprint density at radius 2 is 2.19 bits per heavy atom. The molecule has 0 aliphatic carbocycles. The molecule has 0 saturated carbocycles. The van der Waals surface area contributed by atoms with Crippen molar-refractivity contribution in [3.05, 3.63) is 28.4 Å². The van der Waals surface area contributed by atoms with Crippen molar-refractivity contribution < 1.29 is 13.5 Å². The summed E-state index contributed by atoms with van der Waals surface area (Å²) in [7, 11) is -3.81. The van der Waals surface area contributed by atoms with Crippen molar-refractivity contribution in [2.75, 3.05) is 13.2 Å². The van der Waals surface area contributed by atoms with E-state index in [0.717, 1.165) is 5.56 Å². The molecular formula is C10H16N6O4S. The summed E-state index contributed by atoms with van der Waals surface area (Å²) in [4.78, 5) is 20.9. The maximum Gasteiger partial charge on any atom is 0.275 e. The van der Waals surface area contributed by atoms with E-state index in [2.05, 4.69) is 25.0 Å². The van der Waals surface area contributed by atoms with Crippen LogP contribution in [0.15, 0.2) is 17.3 Å². The topological polar surface area (TPSA) is 166 Å². The van der Waals surface area contributed by atoms with Gasteiger partial charge in [0.2, 0.25) is 0 Å². The number of fused-ring (bicyclic) bond motifs is 1. The lowest BCUT2D eigenvalue weighted by molar-refractivity contribution is 0.242. The van der Waals surface area contributed by atoms with Crippen molar-refractivity contribution in [2.45, 2.75) is 12.6 Å². The fraction of sp³-hybridized carbons (Fsp3) is 0.400. The number of H-pyrrole nitrogens is 2. The Bertz CT molecular complexity index is 767. The summed E-state index contributed by atoms with van der Waals surface area (Å²) < 4.78 is 23.7. The number of aromatic amines is 2. The maximum absolute atomic E-state index is 11.5. The number of nitrogens with two attached hydrogens (primary N) is 1. The van der Waals surface area contributed by atoms with Crippen molar-refractivity contribution in [3.8, 4) is 0 Å². The largest absolute Gasteiger partial charge is 0.395 e. The average Bonchev–Trinajstić information content (AvgIpc) is 2.83. The average molecular weight is 316 g/mol. The molecule has 11 heteroatoms. The van der Waals surface area contributed by atoms with Crippen LogP contribution >= 0.6 is 0 Å². The van der Waals surface area contributed by atoms with E-state index in [1.807, 2.05) is 0 Å². The van der Waals surface area contributed by atoms with E-state index in [1.54, 1.807) is 6.20 Å². The van der Waals surface area contributed by atoms with Crippen LogP contribution in [0.1, 0.15) is 5.56 Å². The Morgan fingerprint density at radius 3 is 2.86 bits per heavy atom. The molecule has 2 rings (SSSR count). The Kier molecular flexibility index (Phi) is 4.69. The second-order valence-corrected chi connectivity index (χ2v) is 5.80. The van der Waals surface area contributed by atoms with Crippen LogP contribution in [-0.4, -0.2) is 47.7 Å². The number of aromatic nitrogens is 3. The Labute approximate surface area is 120 Å². The zero-order valence-electron chi connectivity index (χ0n) is 11.0. The first-order valence-corrected chi connectivity index (χ1v) is 7.60. The van der Waals surface area contributed by atoms with Gasteiger partial charge in [-0.15, -0.1) is 0 Å². The van der Waals surface area contributed by atoms with Crippen LogP contribution in [0.4, 0.5) is 0 Å². The molecule has 0 unspecified atom stereocenters. The summed E-state index contributed by atoms with van der Waals surface area (Å²) in [5.74, 6) is 0. The van der Waals surface area contributed by atoms with Crippen LogP contribution in [-0.2, 0) is 16.8 Å². The molecule has 0 fully saturated rings. The van der Waals surface area contributed by atoms with Crippen LogP contribution in [0.2, 0.25) is 0 Å². The van der Waals surface area contributed by atoms with E-state index < -0.39 is 16.3 Å². The zero-order chi connectivity index (χ0) is 15.5. The fourth-order valence-electron chi connectivity index (χ4n) is 1.81. The van der Waals surface area contributed by atoms with E-state index in [4.69, 9.17) is 5.14 Å². The van der Waals surface area contributed by atoms with Gasteiger partial charge in [-0.2, -0.15) is 8.42 Å². The van der Waals surface area contributed by atoms with Gasteiger partial charge in [-0.3, -0.25) is 4.79 Å². The van der Waals surface area contributed by atoms with E-state index in [9.17, 15) is 18.3 Å². The van der Waals surface area contributed by atoms with Crippen molar-refractivity contribution >= 4 is 21.2 Å². The molecule has 21 heavy (non-hydrogen) atoms. The highest BCUT2D eigenvalue weighted by atomic mass is 32.2. The highest BCUT2D eigenvalue weighted by molar-refractivity contribution is 7.87. The molecule has 116 valence electrons. The first-order valence-electron chi connectivity index (χ1n) is 6.06. The maximum atomic E-state index is 11.5. The molecule has 0 aliphatic heterocycles. The van der Waals surface area contributed by atoms with Crippen molar-refractivity contribution in [1.82, 2.24) is 25.0 Å². The first kappa shape index (κ1) is 15.6. The van der Waals surface area contributed by atoms with Gasteiger partial charge in [0.25, 0.3) is 15.8 Å². The molecule has 0 aromatic carbocycles. The number of hydrogen-bond acceptors (Lipinski definition) is 6. The van der Waals surface area contributed by atoms with Crippen LogP contribution in [0, 0.1) is 0 Å². The fourth-order valence-corrected chi connectivity index (χ4v) is 2.25. The molecule has 2 aromatic heterocycles. The molecule has 0 spiro atoms.